The molecular formula is C12H24N2O2. The molecule has 1 atom stereocenters. The monoisotopic (exact) mass is 228 g/mol. The zero-order chi connectivity index (χ0) is 12.0. The number of nitrogens with one attached hydrogen (secondary N) is 1. The van der Waals surface area contributed by atoms with Crippen LogP contribution in [0.25, 0.3) is 0 Å². The molecule has 3 N–H and O–H groups in total. The molecule has 1 rings (SSSR count). The number of ether oxygens (including phenoxy) is 1. The lowest BCUT2D eigenvalue weighted by molar-refractivity contribution is -0.130. The number of amides is 1. The van der Waals surface area contributed by atoms with Gasteiger partial charge in [-0.05, 0) is 37.6 Å². The van der Waals surface area contributed by atoms with Gasteiger partial charge in [-0.15, -0.1) is 0 Å². The van der Waals surface area contributed by atoms with Gasteiger partial charge in [-0.1, -0.05) is 13.8 Å². The predicted octanol–water partition coefficient (Wildman–Crippen LogP) is 1.05. The molecule has 1 heterocycles. The quantitative estimate of drug-likeness (QED) is 0.714. The van der Waals surface area contributed by atoms with Crippen LogP contribution in [0.1, 0.15) is 39.5 Å². The number of nitrogens with two attached hydrogens (primary N) is 1. The van der Waals surface area contributed by atoms with Crippen LogP contribution < -0.4 is 11.1 Å². The van der Waals surface area contributed by atoms with Gasteiger partial charge in [-0.3, -0.25) is 4.79 Å². The molecule has 0 aromatic carbocycles. The van der Waals surface area contributed by atoms with Crippen LogP contribution in [-0.4, -0.2) is 31.7 Å². The van der Waals surface area contributed by atoms with Crippen molar-refractivity contribution in [3.63, 3.8) is 0 Å². The number of rotatable bonds is 6. The lowest BCUT2D eigenvalue weighted by Crippen LogP contribution is -2.40. The Morgan fingerprint density at radius 3 is 2.88 bits per heavy atom. The minimum absolute atomic E-state index is 0.0401. The maximum atomic E-state index is 11.7. The molecule has 0 aliphatic carbocycles. The molecular weight excluding hydrogens is 204 g/mol. The van der Waals surface area contributed by atoms with Gasteiger partial charge in [0, 0.05) is 13.2 Å². The highest BCUT2D eigenvalue weighted by atomic mass is 16.5. The van der Waals surface area contributed by atoms with Gasteiger partial charge in [0.1, 0.15) is 6.10 Å². The van der Waals surface area contributed by atoms with E-state index in [1.54, 1.807) is 0 Å². The smallest absolute Gasteiger partial charge is 0.249 e. The Morgan fingerprint density at radius 2 is 2.31 bits per heavy atom. The summed E-state index contributed by atoms with van der Waals surface area (Å²) in [6.07, 6.45) is 3.67. The molecule has 1 aliphatic heterocycles. The van der Waals surface area contributed by atoms with Crippen molar-refractivity contribution in [1.29, 1.82) is 0 Å². The molecule has 4 nitrogen and oxygen atoms in total. The Labute approximate surface area is 97.9 Å². The fourth-order valence-electron chi connectivity index (χ4n) is 1.89. The van der Waals surface area contributed by atoms with E-state index in [9.17, 15) is 4.79 Å². The van der Waals surface area contributed by atoms with Crippen LogP contribution in [0, 0.1) is 5.41 Å². The summed E-state index contributed by atoms with van der Waals surface area (Å²) < 4.78 is 5.33. The molecule has 94 valence electrons. The normalized spacial score (nSPS) is 21.1. The van der Waals surface area contributed by atoms with Crippen molar-refractivity contribution in [2.24, 2.45) is 11.1 Å². The van der Waals surface area contributed by atoms with Crippen LogP contribution in [0.15, 0.2) is 0 Å². The summed E-state index contributed by atoms with van der Waals surface area (Å²) >= 11 is 0. The van der Waals surface area contributed by atoms with Crippen LogP contribution in [0.2, 0.25) is 0 Å². The predicted molar refractivity (Wildman–Crippen MR) is 64.1 cm³/mol. The van der Waals surface area contributed by atoms with Gasteiger partial charge in [-0.25, -0.2) is 0 Å². The van der Waals surface area contributed by atoms with Crippen molar-refractivity contribution in [2.45, 2.75) is 45.6 Å². The summed E-state index contributed by atoms with van der Waals surface area (Å²) in [6.45, 7) is 6.43. The summed E-state index contributed by atoms with van der Waals surface area (Å²) in [4.78, 5) is 11.7. The zero-order valence-electron chi connectivity index (χ0n) is 10.4. The molecule has 0 aromatic rings. The van der Waals surface area contributed by atoms with Crippen molar-refractivity contribution in [1.82, 2.24) is 5.32 Å². The first-order valence-electron chi connectivity index (χ1n) is 6.14. The Bertz CT molecular complexity index is 223. The minimum atomic E-state index is -0.217. The molecule has 0 bridgehead atoms. The standard InChI is InChI=1S/C12H24N2O2/c1-12(2,6-4-7-13)9-14-11(15)10-5-3-8-16-10/h10H,3-9,13H2,1-2H3,(H,14,15). The average molecular weight is 228 g/mol. The molecule has 1 saturated heterocycles. The Balaban J connectivity index is 2.24. The lowest BCUT2D eigenvalue weighted by atomic mass is 9.87. The topological polar surface area (TPSA) is 64.3 Å². The molecule has 0 saturated carbocycles. The Kier molecular flexibility index (Phi) is 5.22. The highest BCUT2D eigenvalue weighted by Gasteiger charge is 2.25. The van der Waals surface area contributed by atoms with Crippen LogP contribution in [0.3, 0.4) is 0 Å². The summed E-state index contributed by atoms with van der Waals surface area (Å²) in [5, 5.41) is 2.97. The van der Waals surface area contributed by atoms with E-state index in [0.717, 1.165) is 25.7 Å². The van der Waals surface area contributed by atoms with Crippen LogP contribution in [-0.2, 0) is 9.53 Å². The molecule has 0 aromatic heterocycles. The van der Waals surface area contributed by atoms with E-state index in [0.29, 0.717) is 19.7 Å². The molecule has 1 aliphatic rings. The van der Waals surface area contributed by atoms with Gasteiger partial charge >= 0.3 is 0 Å². The molecule has 0 radical (unpaired) electrons. The van der Waals surface area contributed by atoms with E-state index < -0.39 is 0 Å². The second-order valence-corrected chi connectivity index (χ2v) is 5.28. The molecule has 4 heteroatoms. The molecule has 1 unspecified atom stereocenters. The van der Waals surface area contributed by atoms with E-state index in [-0.39, 0.29) is 17.4 Å². The highest BCUT2D eigenvalue weighted by molar-refractivity contribution is 5.80. The van der Waals surface area contributed by atoms with Gasteiger partial charge in [0.15, 0.2) is 0 Å². The second kappa shape index (κ2) is 6.21. The van der Waals surface area contributed by atoms with Crippen molar-refractivity contribution in [3.8, 4) is 0 Å². The van der Waals surface area contributed by atoms with Gasteiger partial charge in [0.05, 0.1) is 0 Å². The number of hydrogen-bond acceptors (Lipinski definition) is 3. The lowest BCUT2D eigenvalue weighted by Gasteiger charge is -2.25. The zero-order valence-corrected chi connectivity index (χ0v) is 10.4. The molecule has 1 fully saturated rings. The van der Waals surface area contributed by atoms with Gasteiger partial charge in [-0.2, -0.15) is 0 Å². The van der Waals surface area contributed by atoms with Crippen LogP contribution in [0.4, 0.5) is 0 Å². The average Bonchev–Trinajstić information content (AvgIpc) is 2.77. The summed E-state index contributed by atoms with van der Waals surface area (Å²) in [5.41, 5.74) is 5.60. The molecule has 16 heavy (non-hydrogen) atoms. The van der Waals surface area contributed by atoms with E-state index >= 15 is 0 Å². The number of carbonyl (C=O) groups excluding carboxylic acids is 1. The van der Waals surface area contributed by atoms with Crippen LogP contribution in [0.5, 0.6) is 0 Å². The fourth-order valence-corrected chi connectivity index (χ4v) is 1.89. The molecule has 0 spiro atoms. The third-order valence-electron chi connectivity index (χ3n) is 3.02. The minimum Gasteiger partial charge on any atom is -0.368 e. The van der Waals surface area contributed by atoms with E-state index in [4.69, 9.17) is 10.5 Å². The SMILES string of the molecule is CC(C)(CCCN)CNC(=O)C1CCCO1. The third kappa shape index (κ3) is 4.49. The van der Waals surface area contributed by atoms with Gasteiger partial charge < -0.3 is 15.8 Å². The van der Waals surface area contributed by atoms with Crippen LogP contribution >= 0.6 is 0 Å². The molecule has 1 amide bonds. The van der Waals surface area contributed by atoms with Crippen molar-refractivity contribution in [2.75, 3.05) is 19.7 Å². The Morgan fingerprint density at radius 1 is 1.56 bits per heavy atom. The maximum absolute atomic E-state index is 11.7. The first kappa shape index (κ1) is 13.5. The van der Waals surface area contributed by atoms with Crippen molar-refractivity contribution >= 4 is 5.91 Å². The van der Waals surface area contributed by atoms with Crippen molar-refractivity contribution < 1.29 is 9.53 Å². The third-order valence-corrected chi connectivity index (χ3v) is 3.02. The Hall–Kier alpha value is -0.610. The summed E-state index contributed by atoms with van der Waals surface area (Å²) in [7, 11) is 0. The van der Waals surface area contributed by atoms with E-state index in [2.05, 4.69) is 19.2 Å². The summed E-state index contributed by atoms with van der Waals surface area (Å²) in [5.74, 6) is 0.0401. The summed E-state index contributed by atoms with van der Waals surface area (Å²) in [6, 6.07) is 0. The second-order valence-electron chi connectivity index (χ2n) is 5.28. The number of carbonyl (C=O) groups is 1. The van der Waals surface area contributed by atoms with Gasteiger partial charge in [0.25, 0.3) is 0 Å². The van der Waals surface area contributed by atoms with E-state index in [1.165, 1.54) is 0 Å². The van der Waals surface area contributed by atoms with E-state index in [1.807, 2.05) is 0 Å². The highest BCUT2D eigenvalue weighted by Crippen LogP contribution is 2.21. The first-order chi connectivity index (χ1) is 7.55. The fraction of sp³-hybridized carbons (Fsp3) is 0.917. The maximum Gasteiger partial charge on any atom is 0.249 e. The van der Waals surface area contributed by atoms with Gasteiger partial charge in [0.2, 0.25) is 5.91 Å². The first-order valence-corrected chi connectivity index (χ1v) is 6.14. The van der Waals surface area contributed by atoms with Crippen molar-refractivity contribution in [3.05, 3.63) is 0 Å². The number of hydrogen-bond donors (Lipinski definition) is 2. The largest absolute Gasteiger partial charge is 0.368 e.